The van der Waals surface area contributed by atoms with Crippen molar-refractivity contribution in [1.82, 2.24) is 19.8 Å². The van der Waals surface area contributed by atoms with Crippen LogP contribution in [0, 0.1) is 11.7 Å². The Bertz CT molecular complexity index is 1200. The van der Waals surface area contributed by atoms with E-state index in [1.165, 1.54) is 44.9 Å². The molecule has 0 bridgehead atoms. The molecule has 1 N–H and O–H groups in total. The van der Waals surface area contributed by atoms with Crippen LogP contribution in [0.5, 0.6) is 11.5 Å². The Balaban J connectivity index is 1.28. The van der Waals surface area contributed by atoms with Gasteiger partial charge >= 0.3 is 0 Å². The van der Waals surface area contributed by atoms with E-state index in [9.17, 15) is 4.39 Å². The molecule has 2 unspecified atom stereocenters. The van der Waals surface area contributed by atoms with Gasteiger partial charge in [-0.2, -0.15) is 0 Å². The fourth-order valence-corrected chi connectivity index (χ4v) is 5.60. The Morgan fingerprint density at radius 2 is 2.00 bits per heavy atom. The average molecular weight is 544 g/mol. The number of hydrogen-bond donors (Lipinski definition) is 1. The number of methoxy groups -OCH3 is 1. The zero-order valence-corrected chi connectivity index (χ0v) is 21.7. The molecular weight excluding hydrogens is 513 g/mol. The molecule has 0 amide bonds. The molecule has 3 aromatic rings. The van der Waals surface area contributed by atoms with Crippen LogP contribution in [0.25, 0.3) is 10.9 Å². The van der Waals surface area contributed by atoms with E-state index < -0.39 is 0 Å². The molecule has 2 atom stereocenters. The summed E-state index contributed by atoms with van der Waals surface area (Å²) in [5.41, 5.74) is 1.03. The number of fused-ring (bicyclic) bond motifs is 2. The summed E-state index contributed by atoms with van der Waals surface area (Å²) in [7, 11) is 3.84. The third-order valence-electron chi connectivity index (χ3n) is 7.13. The molecule has 2 saturated heterocycles. The average Bonchev–Trinajstić information content (AvgIpc) is 3.25. The monoisotopic (exact) mass is 543 g/mol. The van der Waals surface area contributed by atoms with Crippen LogP contribution in [0.1, 0.15) is 19.3 Å². The van der Waals surface area contributed by atoms with Crippen molar-refractivity contribution < 1.29 is 13.9 Å². The summed E-state index contributed by atoms with van der Waals surface area (Å²) in [6.07, 6.45) is 5.01. The first kappa shape index (κ1) is 24.2. The van der Waals surface area contributed by atoms with E-state index in [2.05, 4.69) is 48.1 Å². The van der Waals surface area contributed by atoms with Gasteiger partial charge in [-0.3, -0.25) is 4.90 Å². The smallest absolute Gasteiger partial charge is 0.162 e. The van der Waals surface area contributed by atoms with Gasteiger partial charge in [-0.05, 0) is 69.6 Å². The standard InChI is InChI=1S/C26H31BrFN5O2/c1-32-9-6-17-7-10-33(23(17)15-32)8-3-11-35-25-13-19-22(14-24(25)34-2)29-16-30-26(19)31-21-5-4-18(27)12-20(21)28/h4-5,12-14,16-17,23H,3,6-11,15H2,1-2H3,(H,29,30,31). The SMILES string of the molecule is COc1cc2ncnc(Nc3ccc(Br)cc3F)c2cc1OCCCN1CCC2CCN(C)CC21. The van der Waals surface area contributed by atoms with E-state index in [0.29, 0.717) is 45.6 Å². The lowest BCUT2D eigenvalue weighted by Gasteiger charge is -2.36. The van der Waals surface area contributed by atoms with Crippen LogP contribution in [-0.2, 0) is 0 Å². The van der Waals surface area contributed by atoms with Crippen LogP contribution >= 0.6 is 15.9 Å². The van der Waals surface area contributed by atoms with Gasteiger partial charge in [-0.1, -0.05) is 15.9 Å². The van der Waals surface area contributed by atoms with Crippen molar-refractivity contribution in [3.05, 3.63) is 46.9 Å². The van der Waals surface area contributed by atoms with Gasteiger partial charge in [0.15, 0.2) is 11.5 Å². The van der Waals surface area contributed by atoms with Crippen LogP contribution in [0.3, 0.4) is 0 Å². The number of benzene rings is 2. The number of nitrogens with zero attached hydrogens (tertiary/aromatic N) is 4. The number of likely N-dealkylation sites (N-methyl/N-ethyl adjacent to an activating group) is 1. The Hall–Kier alpha value is -2.49. The molecule has 5 rings (SSSR count). The molecule has 2 aliphatic rings. The number of hydrogen-bond acceptors (Lipinski definition) is 7. The normalized spacial score (nSPS) is 20.7. The summed E-state index contributed by atoms with van der Waals surface area (Å²) in [6, 6.07) is 9.24. The Morgan fingerprint density at radius 1 is 1.14 bits per heavy atom. The van der Waals surface area contributed by atoms with Crippen molar-refractivity contribution in [1.29, 1.82) is 0 Å². The molecule has 1 aromatic heterocycles. The number of rotatable bonds is 8. The Kier molecular flexibility index (Phi) is 7.36. The van der Waals surface area contributed by atoms with Crippen molar-refractivity contribution in [2.45, 2.75) is 25.3 Å². The lowest BCUT2D eigenvalue weighted by molar-refractivity contribution is 0.118. The van der Waals surface area contributed by atoms with Crippen molar-refractivity contribution in [3.63, 3.8) is 0 Å². The lowest BCUT2D eigenvalue weighted by Crippen LogP contribution is -2.46. The highest BCUT2D eigenvalue weighted by atomic mass is 79.9. The van der Waals surface area contributed by atoms with Gasteiger partial charge in [0.1, 0.15) is 18.0 Å². The zero-order chi connectivity index (χ0) is 24.4. The molecule has 2 aliphatic heterocycles. The summed E-state index contributed by atoms with van der Waals surface area (Å²) in [6.45, 7) is 5.18. The number of piperidine rings is 1. The van der Waals surface area contributed by atoms with Gasteiger partial charge < -0.3 is 19.7 Å². The molecule has 0 spiro atoms. The first-order valence-electron chi connectivity index (χ1n) is 12.1. The van der Waals surface area contributed by atoms with Crippen LogP contribution in [0.15, 0.2) is 41.1 Å². The fraction of sp³-hybridized carbons (Fsp3) is 0.462. The quantitative estimate of drug-likeness (QED) is 0.397. The van der Waals surface area contributed by atoms with Crippen LogP contribution in [-0.4, -0.2) is 72.8 Å². The summed E-state index contributed by atoms with van der Waals surface area (Å²) in [5, 5.41) is 3.82. The maximum Gasteiger partial charge on any atom is 0.162 e. The minimum atomic E-state index is -0.371. The largest absolute Gasteiger partial charge is 0.493 e. The van der Waals surface area contributed by atoms with Crippen LogP contribution in [0.2, 0.25) is 0 Å². The van der Waals surface area contributed by atoms with Gasteiger partial charge in [0.25, 0.3) is 0 Å². The van der Waals surface area contributed by atoms with Gasteiger partial charge in [0, 0.05) is 35.1 Å². The van der Waals surface area contributed by atoms with Gasteiger partial charge in [0.05, 0.1) is 24.9 Å². The molecule has 2 aromatic carbocycles. The Morgan fingerprint density at radius 3 is 2.83 bits per heavy atom. The predicted octanol–water partition coefficient (Wildman–Crippen LogP) is 5.08. The lowest BCUT2D eigenvalue weighted by atomic mass is 9.92. The van der Waals surface area contributed by atoms with Gasteiger partial charge in [-0.15, -0.1) is 0 Å². The van der Waals surface area contributed by atoms with E-state index in [-0.39, 0.29) is 5.82 Å². The maximum absolute atomic E-state index is 14.4. The third kappa shape index (κ3) is 5.37. The van der Waals surface area contributed by atoms with Crippen LogP contribution in [0.4, 0.5) is 15.9 Å². The van der Waals surface area contributed by atoms with E-state index in [1.54, 1.807) is 19.2 Å². The minimum absolute atomic E-state index is 0.337. The topological polar surface area (TPSA) is 62.8 Å². The first-order valence-corrected chi connectivity index (χ1v) is 12.9. The molecule has 35 heavy (non-hydrogen) atoms. The van der Waals surface area contributed by atoms with E-state index in [4.69, 9.17) is 9.47 Å². The van der Waals surface area contributed by atoms with Crippen molar-refractivity contribution in [3.8, 4) is 11.5 Å². The summed E-state index contributed by atoms with van der Waals surface area (Å²) < 4.78 is 26.8. The second kappa shape index (κ2) is 10.6. The molecular formula is C26H31BrFN5O2. The van der Waals surface area contributed by atoms with E-state index in [0.717, 1.165) is 24.3 Å². The molecule has 3 heterocycles. The third-order valence-corrected chi connectivity index (χ3v) is 7.63. The van der Waals surface area contributed by atoms with Crippen molar-refractivity contribution in [2.75, 3.05) is 52.3 Å². The number of ether oxygens (including phenoxy) is 2. The molecule has 186 valence electrons. The highest BCUT2D eigenvalue weighted by molar-refractivity contribution is 9.10. The first-order chi connectivity index (χ1) is 17.0. The fourth-order valence-electron chi connectivity index (χ4n) is 5.27. The highest BCUT2D eigenvalue weighted by Crippen LogP contribution is 2.36. The van der Waals surface area contributed by atoms with Crippen molar-refractivity contribution in [2.24, 2.45) is 5.92 Å². The second-order valence-electron chi connectivity index (χ2n) is 9.40. The molecule has 2 fully saturated rings. The van der Waals surface area contributed by atoms with Crippen LogP contribution < -0.4 is 14.8 Å². The molecule has 0 saturated carbocycles. The number of anilines is 2. The Labute approximate surface area is 213 Å². The van der Waals surface area contributed by atoms with E-state index in [1.807, 2.05) is 12.1 Å². The van der Waals surface area contributed by atoms with Crippen molar-refractivity contribution >= 4 is 38.3 Å². The predicted molar refractivity (Wildman–Crippen MR) is 139 cm³/mol. The second-order valence-corrected chi connectivity index (χ2v) is 10.3. The number of aromatic nitrogens is 2. The van der Waals surface area contributed by atoms with E-state index >= 15 is 0 Å². The minimum Gasteiger partial charge on any atom is -0.493 e. The number of nitrogens with one attached hydrogen (secondary N) is 1. The molecule has 0 aliphatic carbocycles. The number of halogens is 2. The van der Waals surface area contributed by atoms with Gasteiger partial charge in [-0.25, -0.2) is 14.4 Å². The van der Waals surface area contributed by atoms with Gasteiger partial charge in [0.2, 0.25) is 0 Å². The summed E-state index contributed by atoms with van der Waals surface area (Å²) in [5.74, 6) is 2.23. The summed E-state index contributed by atoms with van der Waals surface area (Å²) in [4.78, 5) is 13.8. The molecule has 0 radical (unpaired) electrons. The number of likely N-dealkylation sites (tertiary alicyclic amines) is 2. The molecule has 7 nitrogen and oxygen atoms in total. The zero-order valence-electron chi connectivity index (χ0n) is 20.1. The maximum atomic E-state index is 14.4. The molecule has 9 heteroatoms. The highest BCUT2D eigenvalue weighted by Gasteiger charge is 2.36. The summed E-state index contributed by atoms with van der Waals surface area (Å²) >= 11 is 3.29.